The van der Waals surface area contributed by atoms with Crippen LogP contribution in [0.5, 0.6) is 0 Å². The number of carbonyl (C=O) groups is 1. The van der Waals surface area contributed by atoms with Gasteiger partial charge in [0, 0.05) is 12.5 Å². The molecule has 1 aliphatic rings. The van der Waals surface area contributed by atoms with Crippen molar-refractivity contribution in [2.45, 2.75) is 25.3 Å². The zero-order valence-electron chi connectivity index (χ0n) is 8.12. The zero-order valence-corrected chi connectivity index (χ0v) is 10.5. The highest BCUT2D eigenvalue weighted by Gasteiger charge is 2.18. The number of aromatic nitrogens is 1. The third-order valence-electron chi connectivity index (χ3n) is 2.32. The van der Waals surface area contributed by atoms with Crippen LogP contribution in [0.1, 0.15) is 19.3 Å². The van der Waals surface area contributed by atoms with Gasteiger partial charge in [0.05, 0.1) is 9.98 Å². The summed E-state index contributed by atoms with van der Waals surface area (Å²) in [4.78, 5) is 15.6. The second-order valence-electron chi connectivity index (χ2n) is 3.52. The number of halogens is 1. The number of thiazole rings is 1. The molecule has 15 heavy (non-hydrogen) atoms. The molecule has 1 aromatic rings. The highest BCUT2D eigenvalue weighted by Crippen LogP contribution is 2.23. The van der Waals surface area contributed by atoms with Gasteiger partial charge >= 0.3 is 0 Å². The third kappa shape index (κ3) is 3.25. The Bertz CT molecular complexity index is 349. The van der Waals surface area contributed by atoms with Gasteiger partial charge in [0.15, 0.2) is 5.13 Å². The molecule has 2 N–H and O–H groups in total. The van der Waals surface area contributed by atoms with Crippen LogP contribution in [-0.4, -0.2) is 23.5 Å². The van der Waals surface area contributed by atoms with Gasteiger partial charge in [0.1, 0.15) is 0 Å². The standard InChI is InChI=1S/C9H12BrN3OS/c10-7-5-12-9(15-7)13-8(14)4-6-2-1-3-11-6/h5-6,11H,1-4H2,(H,12,13,14). The lowest BCUT2D eigenvalue weighted by atomic mass is 10.1. The molecule has 82 valence electrons. The van der Waals surface area contributed by atoms with Gasteiger partial charge in [-0.25, -0.2) is 4.98 Å². The molecule has 1 saturated heterocycles. The molecule has 0 aromatic carbocycles. The van der Waals surface area contributed by atoms with Crippen LogP contribution in [0.4, 0.5) is 5.13 Å². The van der Waals surface area contributed by atoms with E-state index in [1.165, 1.54) is 17.8 Å². The van der Waals surface area contributed by atoms with Crippen molar-refractivity contribution in [1.29, 1.82) is 0 Å². The van der Waals surface area contributed by atoms with Gasteiger partial charge in [0.25, 0.3) is 0 Å². The third-order valence-corrected chi connectivity index (χ3v) is 3.71. The van der Waals surface area contributed by atoms with E-state index < -0.39 is 0 Å². The minimum absolute atomic E-state index is 0.0382. The Balaban J connectivity index is 1.81. The lowest BCUT2D eigenvalue weighted by molar-refractivity contribution is -0.116. The molecule has 2 heterocycles. The van der Waals surface area contributed by atoms with E-state index in [-0.39, 0.29) is 5.91 Å². The SMILES string of the molecule is O=C(CC1CCCN1)Nc1ncc(Br)s1. The molecule has 1 aliphatic heterocycles. The molecule has 0 spiro atoms. The van der Waals surface area contributed by atoms with Crippen molar-refractivity contribution in [3.05, 3.63) is 9.98 Å². The summed E-state index contributed by atoms with van der Waals surface area (Å²) in [5, 5.41) is 6.74. The topological polar surface area (TPSA) is 54.0 Å². The number of nitrogens with one attached hydrogen (secondary N) is 2. The molecule has 6 heteroatoms. The van der Waals surface area contributed by atoms with E-state index in [1.54, 1.807) is 6.20 Å². The second-order valence-corrected chi connectivity index (χ2v) is 5.92. The van der Waals surface area contributed by atoms with Crippen molar-refractivity contribution in [2.24, 2.45) is 0 Å². The lowest BCUT2D eigenvalue weighted by Gasteiger charge is -2.08. The zero-order chi connectivity index (χ0) is 10.7. The van der Waals surface area contributed by atoms with Gasteiger partial charge in [0.2, 0.25) is 5.91 Å². The molecule has 1 aromatic heterocycles. The largest absolute Gasteiger partial charge is 0.313 e. The summed E-state index contributed by atoms with van der Waals surface area (Å²) >= 11 is 4.73. The van der Waals surface area contributed by atoms with Gasteiger partial charge in [-0.1, -0.05) is 11.3 Å². The monoisotopic (exact) mass is 289 g/mol. The van der Waals surface area contributed by atoms with Crippen molar-refractivity contribution in [2.75, 3.05) is 11.9 Å². The Labute approximate surface area is 101 Å². The molecule has 1 fully saturated rings. The van der Waals surface area contributed by atoms with E-state index in [1.807, 2.05) is 0 Å². The van der Waals surface area contributed by atoms with Crippen molar-refractivity contribution in [3.8, 4) is 0 Å². The second kappa shape index (κ2) is 5.05. The van der Waals surface area contributed by atoms with Crippen molar-refractivity contribution in [3.63, 3.8) is 0 Å². The van der Waals surface area contributed by atoms with Gasteiger partial charge in [-0.05, 0) is 35.3 Å². The quantitative estimate of drug-likeness (QED) is 0.895. The number of hydrogen-bond donors (Lipinski definition) is 2. The molecule has 0 aliphatic carbocycles. The van der Waals surface area contributed by atoms with Gasteiger partial charge in [-0.2, -0.15) is 0 Å². The van der Waals surface area contributed by atoms with Gasteiger partial charge in [-0.15, -0.1) is 0 Å². The number of carbonyl (C=O) groups excluding carboxylic acids is 1. The first-order chi connectivity index (χ1) is 7.24. The summed E-state index contributed by atoms with van der Waals surface area (Å²) in [7, 11) is 0. The maximum Gasteiger partial charge on any atom is 0.227 e. The highest BCUT2D eigenvalue weighted by molar-refractivity contribution is 9.11. The molecule has 4 nitrogen and oxygen atoms in total. The van der Waals surface area contributed by atoms with E-state index >= 15 is 0 Å². The summed E-state index contributed by atoms with van der Waals surface area (Å²) in [6, 6.07) is 0.341. The molecule has 0 bridgehead atoms. The van der Waals surface area contributed by atoms with E-state index in [4.69, 9.17) is 0 Å². The number of amides is 1. The van der Waals surface area contributed by atoms with E-state index in [0.29, 0.717) is 17.6 Å². The molecule has 1 amide bonds. The first-order valence-electron chi connectivity index (χ1n) is 4.88. The van der Waals surface area contributed by atoms with Crippen LogP contribution in [0, 0.1) is 0 Å². The van der Waals surface area contributed by atoms with E-state index in [2.05, 4.69) is 31.5 Å². The fourth-order valence-corrected chi connectivity index (χ4v) is 2.76. The average Bonchev–Trinajstić information content (AvgIpc) is 2.77. The minimum Gasteiger partial charge on any atom is -0.313 e. The van der Waals surface area contributed by atoms with Crippen LogP contribution in [0.3, 0.4) is 0 Å². The summed E-state index contributed by atoms with van der Waals surface area (Å²) in [5.41, 5.74) is 0. The number of rotatable bonds is 3. The molecule has 1 unspecified atom stereocenters. The van der Waals surface area contributed by atoms with Crippen LogP contribution in [0.25, 0.3) is 0 Å². The van der Waals surface area contributed by atoms with Gasteiger partial charge in [-0.3, -0.25) is 4.79 Å². The maximum atomic E-state index is 11.6. The fraction of sp³-hybridized carbons (Fsp3) is 0.556. The van der Waals surface area contributed by atoms with Crippen LogP contribution >= 0.6 is 27.3 Å². The van der Waals surface area contributed by atoms with Gasteiger partial charge < -0.3 is 10.6 Å². The highest BCUT2D eigenvalue weighted by atomic mass is 79.9. The van der Waals surface area contributed by atoms with E-state index in [9.17, 15) is 4.79 Å². The first kappa shape index (κ1) is 11.0. The average molecular weight is 290 g/mol. The number of nitrogens with zero attached hydrogens (tertiary/aromatic N) is 1. The minimum atomic E-state index is 0.0382. The lowest BCUT2D eigenvalue weighted by Crippen LogP contribution is -2.27. The summed E-state index contributed by atoms with van der Waals surface area (Å²) < 4.78 is 0.928. The number of anilines is 1. The summed E-state index contributed by atoms with van der Waals surface area (Å²) in [6.45, 7) is 1.03. The predicted molar refractivity (Wildman–Crippen MR) is 64.1 cm³/mol. The van der Waals surface area contributed by atoms with Crippen molar-refractivity contribution < 1.29 is 4.79 Å². The fourth-order valence-electron chi connectivity index (χ4n) is 1.64. The number of hydrogen-bond acceptors (Lipinski definition) is 4. The van der Waals surface area contributed by atoms with Crippen molar-refractivity contribution in [1.82, 2.24) is 10.3 Å². The van der Waals surface area contributed by atoms with Crippen molar-refractivity contribution >= 4 is 38.3 Å². The normalized spacial score (nSPS) is 20.5. The molecule has 0 radical (unpaired) electrons. The van der Waals surface area contributed by atoms with Crippen LogP contribution < -0.4 is 10.6 Å². The Morgan fingerprint density at radius 1 is 1.80 bits per heavy atom. The molecular weight excluding hydrogens is 278 g/mol. The Morgan fingerprint density at radius 2 is 2.67 bits per heavy atom. The Morgan fingerprint density at radius 3 is 3.27 bits per heavy atom. The molecule has 2 rings (SSSR count). The van der Waals surface area contributed by atoms with E-state index in [0.717, 1.165) is 16.8 Å². The smallest absolute Gasteiger partial charge is 0.227 e. The Kier molecular flexibility index (Phi) is 3.71. The maximum absolute atomic E-state index is 11.6. The summed E-state index contributed by atoms with van der Waals surface area (Å²) in [5.74, 6) is 0.0382. The molecular formula is C9H12BrN3OS. The van der Waals surface area contributed by atoms with Crippen LogP contribution in [0.15, 0.2) is 9.98 Å². The predicted octanol–water partition coefficient (Wildman–Crippen LogP) is 1.99. The Hall–Kier alpha value is -0.460. The first-order valence-corrected chi connectivity index (χ1v) is 6.49. The molecule has 0 saturated carbocycles. The molecule has 1 atom stereocenters. The van der Waals surface area contributed by atoms with Crippen LogP contribution in [-0.2, 0) is 4.79 Å². The summed E-state index contributed by atoms with van der Waals surface area (Å²) in [6.07, 6.45) is 4.49. The van der Waals surface area contributed by atoms with Crippen LogP contribution in [0.2, 0.25) is 0 Å².